The Hall–Kier alpha value is -2.77. The van der Waals surface area contributed by atoms with Gasteiger partial charge in [-0.3, -0.25) is 14.4 Å². The fourth-order valence-corrected chi connectivity index (χ4v) is 1.65. The van der Waals surface area contributed by atoms with E-state index < -0.39 is 0 Å². The number of nitrogen functional groups attached to an aromatic ring is 1. The smallest absolute Gasteiger partial charge is 0.302 e. The van der Waals surface area contributed by atoms with Gasteiger partial charge >= 0.3 is 11.9 Å². The molecule has 0 unspecified atom stereocenters. The highest BCUT2D eigenvalue weighted by Crippen LogP contribution is 2.24. The summed E-state index contributed by atoms with van der Waals surface area (Å²) in [6.45, 7) is 4.98. The highest BCUT2D eigenvalue weighted by Gasteiger charge is 2.01. The molecule has 0 aliphatic heterocycles. The first-order valence-electron chi connectivity index (χ1n) is 7.74. The number of anilines is 2. The summed E-state index contributed by atoms with van der Waals surface area (Å²) in [5, 5.41) is 2.62. The van der Waals surface area contributed by atoms with Crippen LogP contribution in [0.4, 0.5) is 11.4 Å². The van der Waals surface area contributed by atoms with Crippen molar-refractivity contribution in [2.75, 3.05) is 31.4 Å². The summed E-state index contributed by atoms with van der Waals surface area (Å²) in [7, 11) is 1.55. The lowest BCUT2D eigenvalue weighted by Crippen LogP contribution is -2.06. The van der Waals surface area contributed by atoms with Crippen molar-refractivity contribution in [1.82, 2.24) is 0 Å². The monoisotopic (exact) mass is 354 g/mol. The zero-order valence-electron chi connectivity index (χ0n) is 15.1. The molecule has 1 aromatic carbocycles. The number of hydrogen-bond acceptors (Lipinski definition) is 7. The molecule has 0 atom stereocenters. The lowest BCUT2D eigenvalue weighted by atomic mass is 10.2. The molecule has 0 saturated carbocycles. The van der Waals surface area contributed by atoms with E-state index in [1.807, 2.05) is 0 Å². The molecule has 8 heteroatoms. The molecule has 8 nitrogen and oxygen atoms in total. The summed E-state index contributed by atoms with van der Waals surface area (Å²) < 4.78 is 14.3. The van der Waals surface area contributed by atoms with Crippen LogP contribution in [-0.4, -0.2) is 38.2 Å². The molecule has 0 aliphatic rings. The second-order valence-electron chi connectivity index (χ2n) is 5.03. The highest BCUT2D eigenvalue weighted by molar-refractivity contribution is 5.89. The predicted octanol–water partition coefficient (Wildman–Crippen LogP) is 2.13. The summed E-state index contributed by atoms with van der Waals surface area (Å²) in [5.41, 5.74) is 6.81. The highest BCUT2D eigenvalue weighted by atomic mass is 16.5. The first-order valence-corrected chi connectivity index (χ1v) is 7.74. The summed E-state index contributed by atoms with van der Waals surface area (Å²) in [4.78, 5) is 31.2. The molecule has 0 spiro atoms. The molecule has 3 N–H and O–H groups in total. The number of carbonyl (C=O) groups is 3. The predicted molar refractivity (Wildman–Crippen MR) is 94.2 cm³/mol. The number of hydrogen-bond donors (Lipinski definition) is 2. The molecule has 0 heterocycles. The molecule has 0 fully saturated rings. The summed E-state index contributed by atoms with van der Waals surface area (Å²) in [6, 6.07) is 5.09. The van der Waals surface area contributed by atoms with E-state index >= 15 is 0 Å². The molecule has 140 valence electrons. The molecule has 0 aromatic heterocycles. The van der Waals surface area contributed by atoms with E-state index in [-0.39, 0.29) is 17.8 Å². The van der Waals surface area contributed by atoms with Crippen molar-refractivity contribution in [3.8, 4) is 5.75 Å². The fourth-order valence-electron chi connectivity index (χ4n) is 1.65. The maximum atomic E-state index is 10.7. The Bertz CT molecular complexity index is 556. The Labute approximate surface area is 147 Å². The number of rotatable bonds is 7. The van der Waals surface area contributed by atoms with Gasteiger partial charge in [0.15, 0.2) is 0 Å². The summed E-state index contributed by atoms with van der Waals surface area (Å²) in [5.74, 6) is -0.0661. The van der Waals surface area contributed by atoms with Crippen molar-refractivity contribution in [2.24, 2.45) is 0 Å². The number of carbonyl (C=O) groups excluding carboxylic acids is 3. The number of methoxy groups -OCH3 is 1. The quantitative estimate of drug-likeness (QED) is 0.437. The molecule has 0 aliphatic carbocycles. The van der Waals surface area contributed by atoms with Crippen LogP contribution in [0.2, 0.25) is 0 Å². The Morgan fingerprint density at radius 2 is 1.52 bits per heavy atom. The van der Waals surface area contributed by atoms with Gasteiger partial charge in [-0.05, 0) is 31.0 Å². The van der Waals surface area contributed by atoms with Gasteiger partial charge in [0.2, 0.25) is 5.91 Å². The van der Waals surface area contributed by atoms with E-state index in [4.69, 9.17) is 10.5 Å². The van der Waals surface area contributed by atoms with E-state index in [0.29, 0.717) is 30.3 Å². The van der Waals surface area contributed by atoms with Gasteiger partial charge < -0.3 is 25.3 Å². The SMILES string of the molecule is CC(=O)OCCCCOC(C)=O.COc1ccc(NC(C)=O)cc1N. The maximum Gasteiger partial charge on any atom is 0.302 e. The van der Waals surface area contributed by atoms with Crippen molar-refractivity contribution in [3.05, 3.63) is 18.2 Å². The summed E-state index contributed by atoms with van der Waals surface area (Å²) in [6.07, 6.45) is 1.46. The lowest BCUT2D eigenvalue weighted by Gasteiger charge is -2.06. The average Bonchev–Trinajstić information content (AvgIpc) is 2.50. The second kappa shape index (κ2) is 12.6. The van der Waals surface area contributed by atoms with Crippen LogP contribution in [0.25, 0.3) is 0 Å². The number of ether oxygens (including phenoxy) is 3. The first kappa shape index (κ1) is 22.2. The molecular formula is C17H26N2O6. The number of benzene rings is 1. The van der Waals surface area contributed by atoms with E-state index in [1.165, 1.54) is 20.8 Å². The van der Waals surface area contributed by atoms with Gasteiger partial charge in [0.05, 0.1) is 26.0 Å². The van der Waals surface area contributed by atoms with Gasteiger partial charge in [-0.1, -0.05) is 0 Å². The van der Waals surface area contributed by atoms with Crippen LogP contribution in [-0.2, 0) is 23.9 Å². The Morgan fingerprint density at radius 1 is 1.00 bits per heavy atom. The van der Waals surface area contributed by atoms with Crippen molar-refractivity contribution in [1.29, 1.82) is 0 Å². The molecule has 0 bridgehead atoms. The van der Waals surface area contributed by atoms with Crippen LogP contribution in [0.3, 0.4) is 0 Å². The van der Waals surface area contributed by atoms with Crippen molar-refractivity contribution < 1.29 is 28.6 Å². The zero-order valence-corrected chi connectivity index (χ0v) is 15.1. The Balaban J connectivity index is 0.000000463. The Morgan fingerprint density at radius 3 is 1.88 bits per heavy atom. The molecule has 1 rings (SSSR count). The van der Waals surface area contributed by atoms with Crippen LogP contribution < -0.4 is 15.8 Å². The third kappa shape index (κ3) is 12.3. The van der Waals surface area contributed by atoms with Crippen LogP contribution in [0.5, 0.6) is 5.75 Å². The minimum atomic E-state index is -0.275. The number of esters is 2. The standard InChI is InChI=1S/C9H12N2O2.C8H14O4/c1-6(12)11-7-3-4-9(13-2)8(10)5-7;1-7(9)11-5-3-4-6-12-8(2)10/h3-5H,10H2,1-2H3,(H,11,12);3-6H2,1-2H3. The van der Waals surface area contributed by atoms with Gasteiger partial charge in [0.1, 0.15) is 5.75 Å². The molecule has 1 aromatic rings. The number of amides is 1. The summed E-state index contributed by atoms with van der Waals surface area (Å²) >= 11 is 0. The molecule has 25 heavy (non-hydrogen) atoms. The lowest BCUT2D eigenvalue weighted by molar-refractivity contribution is -0.143. The Kier molecular flexibility index (Phi) is 11.2. The van der Waals surface area contributed by atoms with Gasteiger partial charge in [0, 0.05) is 26.5 Å². The van der Waals surface area contributed by atoms with E-state index in [9.17, 15) is 14.4 Å². The van der Waals surface area contributed by atoms with E-state index in [1.54, 1.807) is 25.3 Å². The van der Waals surface area contributed by atoms with Crippen molar-refractivity contribution in [2.45, 2.75) is 33.6 Å². The third-order valence-corrected chi connectivity index (χ3v) is 2.70. The van der Waals surface area contributed by atoms with Gasteiger partial charge in [0.25, 0.3) is 0 Å². The third-order valence-electron chi connectivity index (χ3n) is 2.70. The second-order valence-corrected chi connectivity index (χ2v) is 5.03. The van der Waals surface area contributed by atoms with Crippen LogP contribution in [0.1, 0.15) is 33.6 Å². The fraction of sp³-hybridized carbons (Fsp3) is 0.471. The molecule has 0 radical (unpaired) electrons. The van der Waals surface area contributed by atoms with Crippen molar-refractivity contribution >= 4 is 29.2 Å². The number of nitrogens with two attached hydrogens (primary N) is 1. The minimum absolute atomic E-state index is 0.121. The maximum absolute atomic E-state index is 10.7. The van der Waals surface area contributed by atoms with E-state index in [0.717, 1.165) is 12.8 Å². The minimum Gasteiger partial charge on any atom is -0.495 e. The molecule has 1 amide bonds. The number of nitrogens with one attached hydrogen (secondary N) is 1. The van der Waals surface area contributed by atoms with Gasteiger partial charge in [-0.15, -0.1) is 0 Å². The topological polar surface area (TPSA) is 117 Å². The van der Waals surface area contributed by atoms with E-state index in [2.05, 4.69) is 14.8 Å². The van der Waals surface area contributed by atoms with Gasteiger partial charge in [-0.25, -0.2) is 0 Å². The largest absolute Gasteiger partial charge is 0.495 e. The van der Waals surface area contributed by atoms with Crippen LogP contribution in [0.15, 0.2) is 18.2 Å². The van der Waals surface area contributed by atoms with Crippen molar-refractivity contribution in [3.63, 3.8) is 0 Å². The normalized spacial score (nSPS) is 9.28. The zero-order chi connectivity index (χ0) is 19.2. The molecular weight excluding hydrogens is 328 g/mol. The number of unbranched alkanes of at least 4 members (excludes halogenated alkanes) is 1. The first-order chi connectivity index (χ1) is 11.8. The van der Waals surface area contributed by atoms with Gasteiger partial charge in [-0.2, -0.15) is 0 Å². The molecule has 0 saturated heterocycles. The average molecular weight is 354 g/mol. The van der Waals surface area contributed by atoms with Crippen LogP contribution >= 0.6 is 0 Å². The van der Waals surface area contributed by atoms with Crippen LogP contribution in [0, 0.1) is 0 Å².